The van der Waals surface area contributed by atoms with E-state index in [0.717, 1.165) is 35.4 Å². The molecular weight excluding hydrogens is 487 g/mol. The lowest BCUT2D eigenvalue weighted by Gasteiger charge is -2.13. The molecule has 29 heavy (non-hydrogen) atoms. The molecule has 1 aromatic carbocycles. The van der Waals surface area contributed by atoms with Crippen LogP contribution in [0.2, 0.25) is 0 Å². The summed E-state index contributed by atoms with van der Waals surface area (Å²) in [6.45, 7) is 5.15. The lowest BCUT2D eigenvalue weighted by molar-refractivity contribution is 0.0597. The molecule has 0 unspecified atom stereocenters. The molecule has 1 aromatic heterocycles. The third-order valence-corrected chi connectivity index (χ3v) is 4.39. The van der Waals surface area contributed by atoms with Gasteiger partial charge in [0, 0.05) is 32.1 Å². The highest BCUT2D eigenvalue weighted by Crippen LogP contribution is 2.21. The van der Waals surface area contributed by atoms with E-state index < -0.39 is 5.97 Å². The van der Waals surface area contributed by atoms with E-state index in [1.165, 1.54) is 14.2 Å². The zero-order valence-electron chi connectivity index (χ0n) is 17.5. The second kappa shape index (κ2) is 12.3. The summed E-state index contributed by atoms with van der Waals surface area (Å²) in [4.78, 5) is 16.2. The Labute approximate surface area is 188 Å². The SMILES string of the molecule is CCc1noc(CC)c1CNC(=NC)NCc1ccc(OC)c(C(=O)OC)c1.I. The number of rotatable bonds is 8. The highest BCUT2D eigenvalue weighted by atomic mass is 127. The molecule has 0 saturated heterocycles. The Morgan fingerprint density at radius 1 is 1.17 bits per heavy atom. The molecule has 2 rings (SSSR count). The minimum absolute atomic E-state index is 0. The number of esters is 1. The van der Waals surface area contributed by atoms with Gasteiger partial charge in [0.2, 0.25) is 0 Å². The van der Waals surface area contributed by atoms with Crippen molar-refractivity contribution in [3.05, 3.63) is 46.3 Å². The maximum Gasteiger partial charge on any atom is 0.341 e. The summed E-state index contributed by atoms with van der Waals surface area (Å²) in [7, 11) is 4.57. The summed E-state index contributed by atoms with van der Waals surface area (Å²) < 4.78 is 15.4. The number of carbonyl (C=O) groups is 1. The quantitative estimate of drug-likeness (QED) is 0.241. The Morgan fingerprint density at radius 3 is 2.48 bits per heavy atom. The van der Waals surface area contributed by atoms with E-state index in [0.29, 0.717) is 30.4 Å². The Bertz CT molecular complexity index is 814. The van der Waals surface area contributed by atoms with E-state index in [4.69, 9.17) is 14.0 Å². The summed E-state index contributed by atoms with van der Waals surface area (Å²) >= 11 is 0. The van der Waals surface area contributed by atoms with Gasteiger partial charge in [-0.3, -0.25) is 4.99 Å². The third kappa shape index (κ3) is 6.34. The van der Waals surface area contributed by atoms with Gasteiger partial charge in [-0.1, -0.05) is 25.1 Å². The van der Waals surface area contributed by atoms with Crippen LogP contribution in [0, 0.1) is 0 Å². The highest BCUT2D eigenvalue weighted by molar-refractivity contribution is 14.0. The summed E-state index contributed by atoms with van der Waals surface area (Å²) in [6.07, 6.45) is 1.60. The Hall–Kier alpha value is -2.30. The van der Waals surface area contributed by atoms with Crippen molar-refractivity contribution >= 4 is 35.9 Å². The van der Waals surface area contributed by atoms with Gasteiger partial charge in [0.25, 0.3) is 0 Å². The number of aryl methyl sites for hydroxylation is 2. The molecule has 0 aliphatic carbocycles. The van der Waals surface area contributed by atoms with Crippen molar-refractivity contribution in [3.63, 3.8) is 0 Å². The maximum atomic E-state index is 11.9. The molecule has 0 radical (unpaired) electrons. The number of benzene rings is 1. The number of nitrogens with one attached hydrogen (secondary N) is 2. The summed E-state index contributed by atoms with van der Waals surface area (Å²) in [5, 5.41) is 10.6. The summed E-state index contributed by atoms with van der Waals surface area (Å²) in [5.74, 6) is 1.57. The lowest BCUT2D eigenvalue weighted by atomic mass is 10.1. The number of hydrogen-bond acceptors (Lipinski definition) is 6. The van der Waals surface area contributed by atoms with Gasteiger partial charge in [-0.15, -0.1) is 24.0 Å². The van der Waals surface area contributed by atoms with Crippen LogP contribution >= 0.6 is 24.0 Å². The van der Waals surface area contributed by atoms with Gasteiger partial charge in [0.05, 0.1) is 19.9 Å². The number of hydrogen-bond donors (Lipinski definition) is 2. The van der Waals surface area contributed by atoms with Gasteiger partial charge in [-0.05, 0) is 24.1 Å². The molecule has 9 heteroatoms. The van der Waals surface area contributed by atoms with Crippen LogP contribution in [-0.2, 0) is 30.7 Å². The molecule has 0 bridgehead atoms. The van der Waals surface area contributed by atoms with Crippen molar-refractivity contribution in [2.24, 2.45) is 4.99 Å². The molecule has 1 heterocycles. The van der Waals surface area contributed by atoms with E-state index >= 15 is 0 Å². The molecule has 2 N–H and O–H groups in total. The molecule has 8 nitrogen and oxygen atoms in total. The zero-order chi connectivity index (χ0) is 20.5. The fourth-order valence-electron chi connectivity index (χ4n) is 2.85. The second-order valence-corrected chi connectivity index (χ2v) is 6.04. The first-order valence-corrected chi connectivity index (χ1v) is 9.23. The summed E-state index contributed by atoms with van der Waals surface area (Å²) in [6, 6.07) is 5.38. The van der Waals surface area contributed by atoms with Crippen molar-refractivity contribution in [2.75, 3.05) is 21.3 Å². The molecule has 0 aliphatic heterocycles. The number of guanidine groups is 1. The van der Waals surface area contributed by atoms with Gasteiger partial charge < -0.3 is 24.6 Å². The summed E-state index contributed by atoms with van der Waals surface area (Å²) in [5.41, 5.74) is 3.32. The molecule has 0 amide bonds. The third-order valence-electron chi connectivity index (χ3n) is 4.39. The first kappa shape index (κ1) is 24.7. The van der Waals surface area contributed by atoms with Crippen LogP contribution in [0.3, 0.4) is 0 Å². The van der Waals surface area contributed by atoms with Crippen molar-refractivity contribution in [3.8, 4) is 5.75 Å². The number of aromatic nitrogens is 1. The van der Waals surface area contributed by atoms with Gasteiger partial charge in [0.1, 0.15) is 17.1 Å². The number of aliphatic imine (C=N–C) groups is 1. The molecule has 0 aliphatic rings. The first-order valence-electron chi connectivity index (χ1n) is 9.23. The smallest absolute Gasteiger partial charge is 0.341 e. The van der Waals surface area contributed by atoms with Crippen molar-refractivity contribution < 1.29 is 18.8 Å². The number of nitrogens with zero attached hydrogens (tertiary/aromatic N) is 2. The number of halogens is 1. The predicted octanol–water partition coefficient (Wildman–Crippen LogP) is 3.08. The van der Waals surface area contributed by atoms with Crippen molar-refractivity contribution in [1.82, 2.24) is 15.8 Å². The molecule has 0 saturated carbocycles. The van der Waals surface area contributed by atoms with E-state index in [9.17, 15) is 4.79 Å². The van der Waals surface area contributed by atoms with Crippen LogP contribution in [0.25, 0.3) is 0 Å². The van der Waals surface area contributed by atoms with Gasteiger partial charge in [-0.25, -0.2) is 4.79 Å². The average Bonchev–Trinajstić information content (AvgIpc) is 3.15. The minimum Gasteiger partial charge on any atom is -0.496 e. The van der Waals surface area contributed by atoms with E-state index in [2.05, 4.69) is 27.7 Å². The van der Waals surface area contributed by atoms with Gasteiger partial charge in [-0.2, -0.15) is 0 Å². The number of carbonyl (C=O) groups excluding carboxylic acids is 1. The van der Waals surface area contributed by atoms with Crippen LogP contribution in [0.4, 0.5) is 0 Å². The largest absolute Gasteiger partial charge is 0.496 e. The second-order valence-electron chi connectivity index (χ2n) is 6.04. The van der Waals surface area contributed by atoms with E-state index in [-0.39, 0.29) is 24.0 Å². The first-order chi connectivity index (χ1) is 13.6. The fraction of sp³-hybridized carbons (Fsp3) is 0.450. The molecule has 0 spiro atoms. The van der Waals surface area contributed by atoms with Gasteiger partial charge in [0.15, 0.2) is 5.96 Å². The Morgan fingerprint density at radius 2 is 1.90 bits per heavy atom. The maximum absolute atomic E-state index is 11.9. The monoisotopic (exact) mass is 516 g/mol. The highest BCUT2D eigenvalue weighted by Gasteiger charge is 2.15. The zero-order valence-corrected chi connectivity index (χ0v) is 19.8. The predicted molar refractivity (Wildman–Crippen MR) is 122 cm³/mol. The molecule has 0 atom stereocenters. The standard InChI is InChI=1S/C20H28N4O4.HI/c1-6-16-15(17(7-2)28-24-16)12-23-20(21-3)22-11-13-8-9-18(26-4)14(10-13)19(25)27-5;/h8-10H,6-7,11-12H2,1-5H3,(H2,21,22,23);1H. The number of ether oxygens (including phenoxy) is 2. The molecule has 2 aromatic rings. The van der Waals surface area contributed by atoms with E-state index in [1.807, 2.05) is 13.0 Å². The minimum atomic E-state index is -0.437. The van der Waals surface area contributed by atoms with Crippen LogP contribution in [0.5, 0.6) is 5.75 Å². The van der Waals surface area contributed by atoms with Crippen molar-refractivity contribution in [2.45, 2.75) is 39.8 Å². The molecular formula is C20H29IN4O4. The lowest BCUT2D eigenvalue weighted by Crippen LogP contribution is -2.36. The fourth-order valence-corrected chi connectivity index (χ4v) is 2.85. The molecule has 0 fully saturated rings. The van der Waals surface area contributed by atoms with Gasteiger partial charge >= 0.3 is 5.97 Å². The Balaban J connectivity index is 0.00000420. The average molecular weight is 516 g/mol. The topological polar surface area (TPSA) is 98.0 Å². The normalized spacial score (nSPS) is 10.9. The van der Waals surface area contributed by atoms with Crippen molar-refractivity contribution in [1.29, 1.82) is 0 Å². The van der Waals surface area contributed by atoms with Crippen LogP contribution in [0.15, 0.2) is 27.7 Å². The van der Waals surface area contributed by atoms with Crippen LogP contribution < -0.4 is 15.4 Å². The Kier molecular flexibility index (Phi) is 10.5. The van der Waals surface area contributed by atoms with E-state index in [1.54, 1.807) is 19.2 Å². The van der Waals surface area contributed by atoms with Crippen LogP contribution in [0.1, 0.15) is 46.8 Å². The number of methoxy groups -OCH3 is 2. The van der Waals surface area contributed by atoms with Crippen LogP contribution in [-0.4, -0.2) is 38.4 Å². The molecule has 160 valence electrons.